The number of thioether (sulfide) groups is 1. The first-order valence-corrected chi connectivity index (χ1v) is 11.1. The van der Waals surface area contributed by atoms with Crippen LogP contribution in [0.3, 0.4) is 0 Å². The van der Waals surface area contributed by atoms with Crippen molar-refractivity contribution in [3.05, 3.63) is 84.4 Å². The van der Waals surface area contributed by atoms with Gasteiger partial charge in [-0.2, -0.15) is 0 Å². The van der Waals surface area contributed by atoms with Gasteiger partial charge in [0.25, 0.3) is 0 Å². The summed E-state index contributed by atoms with van der Waals surface area (Å²) in [6.45, 7) is 3.88. The van der Waals surface area contributed by atoms with Crippen LogP contribution >= 0.6 is 11.8 Å². The first-order valence-electron chi connectivity index (χ1n) is 10.2. The Morgan fingerprint density at radius 2 is 1.66 bits per heavy atom. The molecule has 0 radical (unpaired) electrons. The van der Waals surface area contributed by atoms with E-state index in [4.69, 9.17) is 4.74 Å². The van der Waals surface area contributed by atoms with Crippen molar-refractivity contribution >= 4 is 23.4 Å². The minimum absolute atomic E-state index is 0.0969. The second-order valence-electron chi connectivity index (χ2n) is 7.29. The molecule has 1 amide bonds. The minimum Gasteiger partial charge on any atom is -0.496 e. The number of ether oxygens (including phenoxy) is 1. The zero-order chi connectivity index (χ0) is 22.5. The van der Waals surface area contributed by atoms with E-state index in [0.717, 1.165) is 22.5 Å². The monoisotopic (exact) mass is 444 g/mol. The van der Waals surface area contributed by atoms with Crippen molar-refractivity contribution in [1.82, 2.24) is 14.8 Å². The van der Waals surface area contributed by atoms with Crippen molar-refractivity contribution < 1.29 is 9.53 Å². The van der Waals surface area contributed by atoms with E-state index in [9.17, 15) is 4.79 Å². The van der Waals surface area contributed by atoms with E-state index >= 15 is 0 Å². The van der Waals surface area contributed by atoms with Gasteiger partial charge in [0.2, 0.25) is 5.91 Å². The van der Waals surface area contributed by atoms with E-state index in [-0.39, 0.29) is 11.2 Å². The van der Waals surface area contributed by atoms with Crippen molar-refractivity contribution in [2.24, 2.45) is 0 Å². The third kappa shape index (κ3) is 4.68. The van der Waals surface area contributed by atoms with E-state index in [1.54, 1.807) is 7.11 Å². The summed E-state index contributed by atoms with van der Waals surface area (Å²) < 4.78 is 7.50. The number of hydrogen-bond acceptors (Lipinski definition) is 5. The van der Waals surface area contributed by atoms with Gasteiger partial charge in [-0.1, -0.05) is 59.8 Å². The molecule has 0 aliphatic rings. The van der Waals surface area contributed by atoms with Gasteiger partial charge < -0.3 is 10.1 Å². The predicted molar refractivity (Wildman–Crippen MR) is 128 cm³/mol. The van der Waals surface area contributed by atoms with Gasteiger partial charge >= 0.3 is 0 Å². The molecule has 0 fully saturated rings. The molecular weight excluding hydrogens is 420 g/mol. The van der Waals surface area contributed by atoms with Crippen LogP contribution in [0.15, 0.2) is 84.0 Å². The molecule has 0 saturated carbocycles. The lowest BCUT2D eigenvalue weighted by Crippen LogP contribution is -2.22. The first-order chi connectivity index (χ1) is 15.6. The normalized spacial score (nSPS) is 11.7. The predicted octanol–water partition coefficient (Wildman–Crippen LogP) is 5.37. The van der Waals surface area contributed by atoms with Crippen LogP contribution in [0.25, 0.3) is 17.1 Å². The van der Waals surface area contributed by atoms with E-state index in [0.29, 0.717) is 16.7 Å². The molecule has 1 N–H and O–H groups in total. The molecule has 0 bridgehead atoms. The summed E-state index contributed by atoms with van der Waals surface area (Å²) in [7, 11) is 1.63. The Hall–Kier alpha value is -3.58. The van der Waals surface area contributed by atoms with Gasteiger partial charge in [0.05, 0.1) is 17.9 Å². The molecule has 4 rings (SSSR count). The molecule has 1 heterocycles. The Morgan fingerprint density at radius 1 is 0.969 bits per heavy atom. The maximum atomic E-state index is 12.8. The number of benzene rings is 3. The van der Waals surface area contributed by atoms with Crippen LogP contribution in [0.2, 0.25) is 0 Å². The van der Waals surface area contributed by atoms with Gasteiger partial charge in [-0.25, -0.2) is 0 Å². The van der Waals surface area contributed by atoms with Gasteiger partial charge in [0, 0.05) is 11.4 Å². The van der Waals surface area contributed by atoms with Crippen LogP contribution in [0.4, 0.5) is 5.69 Å². The molecule has 162 valence electrons. The summed E-state index contributed by atoms with van der Waals surface area (Å²) >= 11 is 1.36. The number of carbonyl (C=O) groups excluding carboxylic acids is 1. The van der Waals surface area contributed by atoms with Crippen molar-refractivity contribution in [3.8, 4) is 22.8 Å². The molecule has 4 aromatic rings. The van der Waals surface area contributed by atoms with Crippen molar-refractivity contribution in [2.45, 2.75) is 24.3 Å². The second kappa shape index (κ2) is 9.70. The number of nitrogens with one attached hydrogen (secondary N) is 1. The van der Waals surface area contributed by atoms with Crippen molar-refractivity contribution in [2.75, 3.05) is 12.4 Å². The number of aryl methyl sites for hydroxylation is 1. The fraction of sp³-hybridized carbons (Fsp3) is 0.160. The molecule has 1 aromatic heterocycles. The third-order valence-corrected chi connectivity index (χ3v) is 6.01. The summed E-state index contributed by atoms with van der Waals surface area (Å²) in [6.07, 6.45) is 0. The molecule has 0 unspecified atom stereocenters. The van der Waals surface area contributed by atoms with E-state index in [1.807, 2.05) is 97.3 Å². The Kier molecular flexibility index (Phi) is 6.56. The number of carbonyl (C=O) groups is 1. The Labute approximate surface area is 191 Å². The summed E-state index contributed by atoms with van der Waals surface area (Å²) in [5.41, 5.74) is 3.65. The average molecular weight is 445 g/mol. The lowest BCUT2D eigenvalue weighted by atomic mass is 10.2. The SMILES string of the molecule is COc1ccccc1-c1nnc(S[C@H](C)C(=O)Nc2ccc(C)cc2)n1-c1ccccc1. The molecule has 0 saturated heterocycles. The number of hydrogen-bond donors (Lipinski definition) is 1. The second-order valence-corrected chi connectivity index (χ2v) is 8.60. The van der Waals surface area contributed by atoms with Gasteiger partial charge in [-0.05, 0) is 50.2 Å². The largest absolute Gasteiger partial charge is 0.496 e. The van der Waals surface area contributed by atoms with Crippen LogP contribution in [-0.2, 0) is 4.79 Å². The van der Waals surface area contributed by atoms with Crippen molar-refractivity contribution in [1.29, 1.82) is 0 Å². The highest BCUT2D eigenvalue weighted by Crippen LogP contribution is 2.34. The van der Waals surface area contributed by atoms with Gasteiger partial charge in [-0.3, -0.25) is 9.36 Å². The van der Waals surface area contributed by atoms with Gasteiger partial charge in [-0.15, -0.1) is 10.2 Å². The molecule has 0 aliphatic carbocycles. The molecule has 32 heavy (non-hydrogen) atoms. The zero-order valence-electron chi connectivity index (χ0n) is 18.1. The Bertz CT molecular complexity index is 1210. The van der Waals surface area contributed by atoms with Crippen molar-refractivity contribution in [3.63, 3.8) is 0 Å². The first kappa shape index (κ1) is 21.6. The standard InChI is InChI=1S/C25H24N4O2S/c1-17-13-15-19(16-14-17)26-24(30)18(2)32-25-28-27-23(21-11-7-8-12-22(21)31-3)29(25)20-9-5-4-6-10-20/h4-16,18H,1-3H3,(H,26,30)/t18-/m1/s1. The zero-order valence-corrected chi connectivity index (χ0v) is 19.0. The number of aromatic nitrogens is 3. The van der Waals surface area contributed by atoms with Gasteiger partial charge in [0.1, 0.15) is 5.75 Å². The molecule has 0 aliphatic heterocycles. The van der Waals surface area contributed by atoms with E-state index < -0.39 is 0 Å². The maximum absolute atomic E-state index is 12.8. The summed E-state index contributed by atoms with van der Waals surface area (Å²) in [6, 6.07) is 25.3. The summed E-state index contributed by atoms with van der Waals surface area (Å²) in [5.74, 6) is 1.27. The molecule has 3 aromatic carbocycles. The summed E-state index contributed by atoms with van der Waals surface area (Å²) in [4.78, 5) is 12.8. The fourth-order valence-corrected chi connectivity index (χ4v) is 4.12. The van der Waals surface area contributed by atoms with E-state index in [1.165, 1.54) is 11.8 Å². The number of nitrogens with zero attached hydrogens (tertiary/aromatic N) is 3. The van der Waals surface area contributed by atoms with Crippen LogP contribution in [0, 0.1) is 6.92 Å². The average Bonchev–Trinajstić information content (AvgIpc) is 3.24. The fourth-order valence-electron chi connectivity index (χ4n) is 3.25. The van der Waals surface area contributed by atoms with Gasteiger partial charge in [0.15, 0.2) is 11.0 Å². The van der Waals surface area contributed by atoms with Crippen LogP contribution in [0.1, 0.15) is 12.5 Å². The van der Waals surface area contributed by atoms with E-state index in [2.05, 4.69) is 15.5 Å². The molecule has 0 spiro atoms. The molecule has 7 heteroatoms. The number of methoxy groups -OCH3 is 1. The Balaban J connectivity index is 1.66. The highest BCUT2D eigenvalue weighted by atomic mass is 32.2. The highest BCUT2D eigenvalue weighted by Gasteiger charge is 2.23. The summed E-state index contributed by atoms with van der Waals surface area (Å²) in [5, 5.41) is 12.1. The number of anilines is 1. The topological polar surface area (TPSA) is 69.0 Å². The third-order valence-electron chi connectivity index (χ3n) is 4.97. The maximum Gasteiger partial charge on any atom is 0.237 e. The molecule has 1 atom stereocenters. The van der Waals surface area contributed by atoms with Crippen LogP contribution in [0.5, 0.6) is 5.75 Å². The number of rotatable bonds is 7. The number of para-hydroxylation sites is 2. The lowest BCUT2D eigenvalue weighted by Gasteiger charge is -2.15. The lowest BCUT2D eigenvalue weighted by molar-refractivity contribution is -0.115. The quantitative estimate of drug-likeness (QED) is 0.388. The molecule has 6 nitrogen and oxygen atoms in total. The number of amides is 1. The smallest absolute Gasteiger partial charge is 0.237 e. The van der Waals surface area contributed by atoms with Crippen LogP contribution < -0.4 is 10.1 Å². The minimum atomic E-state index is -0.381. The molecular formula is C25H24N4O2S. The van der Waals surface area contributed by atoms with Crippen LogP contribution in [-0.4, -0.2) is 33.0 Å². The Morgan fingerprint density at radius 3 is 2.38 bits per heavy atom. The highest BCUT2D eigenvalue weighted by molar-refractivity contribution is 8.00.